The van der Waals surface area contributed by atoms with Crippen molar-refractivity contribution in [3.8, 4) is 0 Å². The Morgan fingerprint density at radius 3 is 2.24 bits per heavy atom. The molecule has 0 unspecified atom stereocenters. The zero-order valence-corrected chi connectivity index (χ0v) is 23.7. The molecule has 0 aromatic rings. The Hall–Kier alpha value is -1.71. The second-order valence-electron chi connectivity index (χ2n) is 13.2. The number of hydrogen-bond acceptors (Lipinski definition) is 9. The molecule has 11 atom stereocenters. The molecule has 0 amide bonds. The molecular weight excluding hydrogens is 492 g/mol. The van der Waals surface area contributed by atoms with Gasteiger partial charge in [0.05, 0.1) is 13.2 Å². The molecule has 0 saturated heterocycles. The number of carbonyl (C=O) groups excluding carboxylic acids is 3. The van der Waals surface area contributed by atoms with Crippen LogP contribution in [0.1, 0.15) is 92.4 Å². The number of fused-ring (bicyclic) bond motifs is 5. The number of ether oxygens (including phenoxy) is 3. The van der Waals surface area contributed by atoms with E-state index >= 15 is 0 Å². The SMILES string of the molecule is COC(=O)CC[C@@H](C)[C@H]1CC[C@H]2[C@H]3[C@H](C[C@H](O)[C@]12C)[C@@]1(C)CC[C@@](O)(OC(C)=O)C[C@H]1C[C@@]3(O)OC(C)=O. The molecule has 0 bridgehead atoms. The Morgan fingerprint density at radius 2 is 1.63 bits per heavy atom. The number of aliphatic hydroxyl groups excluding tert-OH is 1. The standard InChI is InChI=1S/C29H46O9/c1-16(7-10-24(33)36-6)20-8-9-21-25-22(13-23(32)27(20,21)5)26(4)11-12-28(34,37-17(2)30)14-19(26)15-29(25,35)38-18(3)31/h16,19-23,25,32,34-35H,7-15H2,1-6H3/t16-,19+,20-,21+,22+,23+,25+,26+,27-,28-,29-/m1/s1. The molecule has 38 heavy (non-hydrogen) atoms. The summed E-state index contributed by atoms with van der Waals surface area (Å²) in [4.78, 5) is 35.8. The fraction of sp³-hybridized carbons (Fsp3) is 0.897. The van der Waals surface area contributed by atoms with Gasteiger partial charge >= 0.3 is 17.9 Å². The highest BCUT2D eigenvalue weighted by Gasteiger charge is 2.71. The van der Waals surface area contributed by atoms with Crippen molar-refractivity contribution >= 4 is 17.9 Å². The number of aliphatic hydroxyl groups is 3. The van der Waals surface area contributed by atoms with Crippen molar-refractivity contribution < 1.29 is 43.9 Å². The van der Waals surface area contributed by atoms with Gasteiger partial charge in [0, 0.05) is 45.4 Å². The molecule has 4 rings (SSSR count). The predicted molar refractivity (Wildman–Crippen MR) is 136 cm³/mol. The lowest BCUT2D eigenvalue weighted by Crippen LogP contribution is -2.68. The average molecular weight is 539 g/mol. The summed E-state index contributed by atoms with van der Waals surface area (Å²) in [7, 11) is 1.38. The molecule has 9 nitrogen and oxygen atoms in total. The van der Waals surface area contributed by atoms with Crippen LogP contribution in [0, 0.1) is 46.3 Å². The van der Waals surface area contributed by atoms with Gasteiger partial charge in [-0.05, 0) is 72.5 Å². The van der Waals surface area contributed by atoms with E-state index < -0.39 is 35.0 Å². The molecule has 0 spiro atoms. The summed E-state index contributed by atoms with van der Waals surface area (Å²) in [5, 5.41) is 35.0. The molecule has 3 N–H and O–H groups in total. The van der Waals surface area contributed by atoms with Crippen molar-refractivity contribution in [2.45, 2.75) is 110 Å². The summed E-state index contributed by atoms with van der Waals surface area (Å²) in [6, 6.07) is 0. The molecule has 0 aliphatic heterocycles. The Kier molecular flexibility index (Phi) is 7.73. The van der Waals surface area contributed by atoms with Crippen molar-refractivity contribution in [2.24, 2.45) is 46.3 Å². The van der Waals surface area contributed by atoms with Crippen LogP contribution in [0.25, 0.3) is 0 Å². The summed E-state index contributed by atoms with van der Waals surface area (Å²) in [5.74, 6) is -5.36. The van der Waals surface area contributed by atoms with E-state index in [1.54, 1.807) is 0 Å². The second-order valence-corrected chi connectivity index (χ2v) is 13.2. The van der Waals surface area contributed by atoms with Crippen LogP contribution < -0.4 is 0 Å². The summed E-state index contributed by atoms with van der Waals surface area (Å²) in [5.41, 5.74) is -0.860. The Bertz CT molecular complexity index is 952. The minimum Gasteiger partial charge on any atom is -0.469 e. The van der Waals surface area contributed by atoms with Gasteiger partial charge < -0.3 is 29.5 Å². The third-order valence-electron chi connectivity index (χ3n) is 11.3. The van der Waals surface area contributed by atoms with E-state index in [9.17, 15) is 29.7 Å². The lowest BCUT2D eigenvalue weighted by molar-refractivity contribution is -0.332. The highest BCUT2D eigenvalue weighted by Crippen LogP contribution is 2.71. The largest absolute Gasteiger partial charge is 0.469 e. The maximum Gasteiger partial charge on any atom is 0.305 e. The van der Waals surface area contributed by atoms with Crippen molar-refractivity contribution in [1.82, 2.24) is 0 Å². The predicted octanol–water partition coefficient (Wildman–Crippen LogP) is 3.32. The Balaban J connectivity index is 1.69. The normalized spacial score (nSPS) is 46.7. The van der Waals surface area contributed by atoms with E-state index in [4.69, 9.17) is 14.2 Å². The van der Waals surface area contributed by atoms with Gasteiger partial charge in [0.15, 0.2) is 0 Å². The van der Waals surface area contributed by atoms with Crippen LogP contribution in [0.15, 0.2) is 0 Å². The maximum atomic E-state index is 12.3. The van der Waals surface area contributed by atoms with Crippen molar-refractivity contribution in [3.05, 3.63) is 0 Å². The number of esters is 3. The molecule has 4 fully saturated rings. The number of carbonyl (C=O) groups is 3. The smallest absolute Gasteiger partial charge is 0.305 e. The maximum absolute atomic E-state index is 12.3. The van der Waals surface area contributed by atoms with Gasteiger partial charge in [-0.15, -0.1) is 0 Å². The highest BCUT2D eigenvalue weighted by molar-refractivity contribution is 5.69. The van der Waals surface area contributed by atoms with Gasteiger partial charge in [-0.2, -0.15) is 0 Å². The fourth-order valence-electron chi connectivity index (χ4n) is 9.48. The van der Waals surface area contributed by atoms with Gasteiger partial charge in [0.25, 0.3) is 0 Å². The summed E-state index contributed by atoms with van der Waals surface area (Å²) >= 11 is 0. The van der Waals surface area contributed by atoms with E-state index in [0.717, 1.165) is 12.8 Å². The van der Waals surface area contributed by atoms with E-state index in [1.165, 1.54) is 21.0 Å². The molecule has 216 valence electrons. The average Bonchev–Trinajstić information content (AvgIpc) is 3.16. The lowest BCUT2D eigenvalue weighted by atomic mass is 9.42. The first-order chi connectivity index (χ1) is 17.6. The Labute approximate surface area is 225 Å². The van der Waals surface area contributed by atoms with Crippen LogP contribution in [0.5, 0.6) is 0 Å². The van der Waals surface area contributed by atoms with Crippen molar-refractivity contribution in [3.63, 3.8) is 0 Å². The quantitative estimate of drug-likeness (QED) is 0.264. The molecule has 0 aromatic carbocycles. The molecule has 4 saturated carbocycles. The zero-order valence-electron chi connectivity index (χ0n) is 23.7. The van der Waals surface area contributed by atoms with Gasteiger partial charge in [-0.25, -0.2) is 0 Å². The van der Waals surface area contributed by atoms with Gasteiger partial charge in [0.2, 0.25) is 11.6 Å². The first-order valence-corrected chi connectivity index (χ1v) is 14.2. The van der Waals surface area contributed by atoms with E-state index in [2.05, 4.69) is 20.8 Å². The number of rotatable bonds is 6. The molecule has 0 radical (unpaired) electrons. The third kappa shape index (κ3) is 4.77. The highest BCUT2D eigenvalue weighted by atomic mass is 16.7. The molecular formula is C29H46O9. The van der Waals surface area contributed by atoms with E-state index in [-0.39, 0.29) is 66.2 Å². The molecule has 9 heteroatoms. The second kappa shape index (κ2) is 10.0. The van der Waals surface area contributed by atoms with Crippen LogP contribution in [-0.2, 0) is 28.6 Å². The molecule has 0 heterocycles. The van der Waals surface area contributed by atoms with Crippen molar-refractivity contribution in [1.29, 1.82) is 0 Å². The first-order valence-electron chi connectivity index (χ1n) is 14.2. The van der Waals surface area contributed by atoms with E-state index in [0.29, 0.717) is 25.7 Å². The monoisotopic (exact) mass is 538 g/mol. The molecule has 4 aliphatic carbocycles. The van der Waals surface area contributed by atoms with Crippen molar-refractivity contribution in [2.75, 3.05) is 7.11 Å². The number of hydrogen-bond donors (Lipinski definition) is 3. The lowest BCUT2D eigenvalue weighted by Gasteiger charge is -2.66. The first kappa shape index (κ1) is 29.3. The van der Waals surface area contributed by atoms with Crippen LogP contribution in [-0.4, -0.2) is 58.0 Å². The number of methoxy groups -OCH3 is 1. The van der Waals surface area contributed by atoms with Gasteiger partial charge in [-0.3, -0.25) is 14.4 Å². The van der Waals surface area contributed by atoms with Gasteiger partial charge in [0.1, 0.15) is 0 Å². The van der Waals surface area contributed by atoms with Crippen LogP contribution in [0.2, 0.25) is 0 Å². The van der Waals surface area contributed by atoms with Crippen LogP contribution in [0.3, 0.4) is 0 Å². The van der Waals surface area contributed by atoms with E-state index in [1.807, 2.05) is 0 Å². The van der Waals surface area contributed by atoms with Crippen LogP contribution >= 0.6 is 0 Å². The van der Waals surface area contributed by atoms with Gasteiger partial charge in [-0.1, -0.05) is 20.8 Å². The molecule has 0 aromatic heterocycles. The minimum absolute atomic E-state index is 0.0850. The van der Waals surface area contributed by atoms with Crippen LogP contribution in [0.4, 0.5) is 0 Å². The zero-order chi connectivity index (χ0) is 28.3. The Morgan fingerprint density at radius 1 is 0.974 bits per heavy atom. The third-order valence-corrected chi connectivity index (χ3v) is 11.3. The fourth-order valence-corrected chi connectivity index (χ4v) is 9.48. The summed E-state index contributed by atoms with van der Waals surface area (Å²) in [6.07, 6.45) is 3.54. The minimum atomic E-state index is -1.76. The summed E-state index contributed by atoms with van der Waals surface area (Å²) < 4.78 is 15.9. The summed E-state index contributed by atoms with van der Waals surface area (Å²) in [6.45, 7) is 8.93. The topological polar surface area (TPSA) is 140 Å². The molecule has 4 aliphatic rings.